The van der Waals surface area contributed by atoms with Crippen LogP contribution in [0.1, 0.15) is 108 Å². The zero-order chi connectivity index (χ0) is 40.4. The highest BCUT2D eigenvalue weighted by Crippen LogP contribution is 2.30. The van der Waals surface area contributed by atoms with Gasteiger partial charge in [0.05, 0.1) is 40.9 Å². The van der Waals surface area contributed by atoms with Gasteiger partial charge in [-0.1, -0.05) is 64.1 Å². The highest BCUT2D eigenvalue weighted by atomic mass is 32.1. The zero-order valence-corrected chi connectivity index (χ0v) is 34.0. The van der Waals surface area contributed by atoms with E-state index in [2.05, 4.69) is 15.6 Å². The molecule has 1 fully saturated rings. The monoisotopic (exact) mass is 779 g/mol. The van der Waals surface area contributed by atoms with Gasteiger partial charge in [0.25, 0.3) is 0 Å². The first-order valence-corrected chi connectivity index (χ1v) is 20.1. The van der Waals surface area contributed by atoms with Crippen LogP contribution in [0.15, 0.2) is 48.0 Å². The molecule has 5 N–H and O–H groups in total. The molecule has 13 heteroatoms. The van der Waals surface area contributed by atoms with E-state index in [1.807, 2.05) is 84.3 Å². The van der Waals surface area contributed by atoms with Gasteiger partial charge in [0.1, 0.15) is 17.9 Å². The van der Waals surface area contributed by atoms with Gasteiger partial charge in [0, 0.05) is 25.8 Å². The Morgan fingerprint density at radius 2 is 1.76 bits per heavy atom. The Labute approximate surface area is 328 Å². The highest BCUT2D eigenvalue weighted by molar-refractivity contribution is 7.13. The molecule has 4 amide bonds. The number of ether oxygens (including phenoxy) is 1. The predicted molar refractivity (Wildman–Crippen MR) is 212 cm³/mol. The lowest BCUT2D eigenvalue weighted by atomic mass is 9.85. The van der Waals surface area contributed by atoms with Gasteiger partial charge in [0.15, 0.2) is 0 Å². The topological polar surface area (TPSA) is 164 Å². The molecule has 4 rings (SSSR count). The number of rotatable bonds is 18. The van der Waals surface area contributed by atoms with Crippen molar-refractivity contribution in [3.63, 3.8) is 0 Å². The molecule has 3 aromatic rings. The fourth-order valence-electron chi connectivity index (χ4n) is 6.73. The Morgan fingerprint density at radius 1 is 1.05 bits per heavy atom. The van der Waals surface area contributed by atoms with Crippen molar-refractivity contribution in [3.05, 3.63) is 76.2 Å². The fourth-order valence-corrected chi connectivity index (χ4v) is 7.54. The number of benzene rings is 2. The molecular weight excluding hydrogens is 722 g/mol. The summed E-state index contributed by atoms with van der Waals surface area (Å²) in [5.41, 5.74) is 10.5. The number of hydrogen-bond donors (Lipinski definition) is 4. The van der Waals surface area contributed by atoms with E-state index in [1.165, 1.54) is 11.0 Å². The number of aliphatic hydroxyl groups is 1. The number of nitrogens with two attached hydrogens (primary N) is 1. The third kappa shape index (κ3) is 12.4. The zero-order valence-electron chi connectivity index (χ0n) is 33.2. The number of nitrogens with zero attached hydrogens (tertiary/aromatic N) is 2. The summed E-state index contributed by atoms with van der Waals surface area (Å²) in [5, 5.41) is 16.5. The lowest BCUT2D eigenvalue weighted by Crippen LogP contribution is -2.57. The van der Waals surface area contributed by atoms with Crippen molar-refractivity contribution in [1.82, 2.24) is 20.5 Å². The Bertz CT molecular complexity index is 1780. The average Bonchev–Trinajstić information content (AvgIpc) is 3.75. The summed E-state index contributed by atoms with van der Waals surface area (Å²) < 4.78 is 20.8. The van der Waals surface area contributed by atoms with Crippen LogP contribution in [0, 0.1) is 24.1 Å². The van der Waals surface area contributed by atoms with Gasteiger partial charge in [-0.25, -0.2) is 9.37 Å². The van der Waals surface area contributed by atoms with E-state index in [0.717, 1.165) is 21.7 Å². The number of aromatic nitrogens is 1. The van der Waals surface area contributed by atoms with Crippen molar-refractivity contribution in [2.75, 3.05) is 6.54 Å². The first kappa shape index (κ1) is 43.5. The number of likely N-dealkylation sites (tertiary alicyclic amines) is 1. The van der Waals surface area contributed by atoms with Gasteiger partial charge >= 0.3 is 0 Å². The van der Waals surface area contributed by atoms with E-state index in [1.54, 1.807) is 17.4 Å². The number of nitrogens with one attached hydrogen (secondary N) is 2. The Hall–Kier alpha value is -4.20. The van der Waals surface area contributed by atoms with Crippen LogP contribution in [0.25, 0.3) is 10.4 Å². The molecule has 55 heavy (non-hydrogen) atoms. The first-order valence-electron chi connectivity index (χ1n) is 19.2. The minimum absolute atomic E-state index is 0.0117. The largest absolute Gasteiger partial charge is 0.391 e. The van der Waals surface area contributed by atoms with Crippen molar-refractivity contribution in [2.24, 2.45) is 17.1 Å². The van der Waals surface area contributed by atoms with Crippen LogP contribution < -0.4 is 16.4 Å². The van der Waals surface area contributed by atoms with Crippen LogP contribution in [0.4, 0.5) is 4.39 Å². The third-order valence-corrected chi connectivity index (χ3v) is 11.4. The Kier molecular flexibility index (Phi) is 15.5. The summed E-state index contributed by atoms with van der Waals surface area (Å²) in [6.45, 7) is 13.5. The molecule has 6 atom stereocenters. The maximum Gasteiger partial charge on any atom is 0.246 e. The number of thiazole rings is 1. The summed E-state index contributed by atoms with van der Waals surface area (Å²) >= 11 is 1.57. The Balaban J connectivity index is 1.27. The number of amides is 4. The minimum Gasteiger partial charge on any atom is -0.391 e. The number of halogens is 1. The number of β-amino-alcohol motifs (C(OH)–C–C–N with tert-alkyl or cyclic N) is 1. The minimum atomic E-state index is -0.929. The number of aryl methyl sites for hydroxylation is 2. The van der Waals surface area contributed by atoms with Crippen molar-refractivity contribution in [1.29, 1.82) is 0 Å². The second-order valence-corrected chi connectivity index (χ2v) is 16.9. The summed E-state index contributed by atoms with van der Waals surface area (Å²) in [5.74, 6) is -1.65. The van der Waals surface area contributed by atoms with Crippen molar-refractivity contribution in [3.8, 4) is 10.4 Å². The van der Waals surface area contributed by atoms with E-state index in [4.69, 9.17) is 10.5 Å². The quantitative estimate of drug-likeness (QED) is 0.113. The highest BCUT2D eigenvalue weighted by Gasteiger charge is 2.44. The molecule has 0 aliphatic carbocycles. The van der Waals surface area contributed by atoms with Crippen LogP contribution in [0.5, 0.6) is 0 Å². The van der Waals surface area contributed by atoms with Crippen LogP contribution in [0.3, 0.4) is 0 Å². The molecule has 300 valence electrons. The number of hydrogen-bond acceptors (Lipinski definition) is 8. The summed E-state index contributed by atoms with van der Waals surface area (Å²) in [6, 6.07) is 10.8. The summed E-state index contributed by atoms with van der Waals surface area (Å²) in [6.07, 6.45) is 1.67. The average molecular weight is 780 g/mol. The maximum atomic E-state index is 14.9. The van der Waals surface area contributed by atoms with Crippen molar-refractivity contribution >= 4 is 35.0 Å². The summed E-state index contributed by atoms with van der Waals surface area (Å²) in [4.78, 5) is 58.6. The molecule has 0 saturated carbocycles. The second kappa shape index (κ2) is 19.6. The molecule has 1 aromatic heterocycles. The number of unbranched alkanes of at least 4 members (excludes halogenated alkanes) is 1. The van der Waals surface area contributed by atoms with Gasteiger partial charge in [-0.15, -0.1) is 11.3 Å². The molecule has 0 radical (unpaired) electrons. The number of carbonyl (C=O) groups excluding carboxylic acids is 4. The van der Waals surface area contributed by atoms with Crippen molar-refractivity contribution in [2.45, 2.75) is 130 Å². The van der Waals surface area contributed by atoms with Gasteiger partial charge in [-0.05, 0) is 86.1 Å². The van der Waals surface area contributed by atoms with E-state index < -0.39 is 29.5 Å². The number of aliphatic hydroxyl groups excluding tert-OH is 1. The number of primary amides is 1. The van der Waals surface area contributed by atoms with Crippen LogP contribution in [-0.4, -0.2) is 69.5 Å². The van der Waals surface area contributed by atoms with Gasteiger partial charge in [0.2, 0.25) is 23.6 Å². The smallest absolute Gasteiger partial charge is 0.246 e. The molecule has 1 aliphatic rings. The molecule has 2 aromatic carbocycles. The van der Waals surface area contributed by atoms with Crippen LogP contribution >= 0.6 is 11.3 Å². The van der Waals surface area contributed by atoms with Crippen LogP contribution in [0.2, 0.25) is 0 Å². The maximum absolute atomic E-state index is 14.9. The van der Waals surface area contributed by atoms with E-state index in [0.29, 0.717) is 43.2 Å². The van der Waals surface area contributed by atoms with Crippen LogP contribution in [-0.2, 0) is 36.9 Å². The Morgan fingerprint density at radius 3 is 2.38 bits per heavy atom. The molecule has 0 spiro atoms. The molecule has 0 bridgehead atoms. The van der Waals surface area contributed by atoms with Gasteiger partial charge in [-0.3, -0.25) is 19.2 Å². The summed E-state index contributed by atoms with van der Waals surface area (Å²) in [7, 11) is 0. The van der Waals surface area contributed by atoms with E-state index in [9.17, 15) is 28.7 Å². The lowest BCUT2D eigenvalue weighted by molar-refractivity contribution is -0.144. The normalized spacial score (nSPS) is 18.0. The fraction of sp³-hybridized carbons (Fsp3) is 0.548. The predicted octanol–water partition coefficient (Wildman–Crippen LogP) is 6.15. The molecular formula is C42H58FN5O6S. The lowest BCUT2D eigenvalue weighted by Gasteiger charge is -2.35. The molecule has 11 nitrogen and oxygen atoms in total. The molecule has 0 unspecified atom stereocenters. The van der Waals surface area contributed by atoms with Gasteiger partial charge in [-0.2, -0.15) is 0 Å². The second-order valence-electron chi connectivity index (χ2n) is 16.0. The number of carbonyl (C=O) groups is 4. The third-order valence-electron chi connectivity index (χ3n) is 10.4. The molecule has 1 saturated heterocycles. The van der Waals surface area contributed by atoms with Crippen molar-refractivity contribution < 1.29 is 33.4 Å². The van der Waals surface area contributed by atoms with E-state index in [-0.39, 0.29) is 67.6 Å². The van der Waals surface area contributed by atoms with E-state index >= 15 is 0 Å². The van der Waals surface area contributed by atoms with Gasteiger partial charge < -0.3 is 31.1 Å². The molecule has 2 heterocycles. The standard InChI is InChI=1S/C42H58FN5O6S/c1-25(12-19-36(44)50)28(4)54-23-29-13-14-31(34(43)20-29)10-8-9-11-37(51)47-39(42(5,6)7)41(53)48-22-33(49)21-35(48)40(52)46-26(2)30-15-17-32(18-16-30)38-27(3)45-24-55-38/h13-18,20,24-26,28,33,35,39,49H,8-12,19,21-23H2,1-7H3,(H2,44,50)(H,46,52)(H,47,51)/t25-,26-,28+,33+,35-,39+/m0/s1. The SMILES string of the molecule is Cc1ncsc1-c1ccc([C@H](C)NC(=O)[C@@H]2C[C@@H](O)CN2C(=O)[C@@H](NC(=O)CCCCc2ccc(CO[C@H](C)[C@@H](C)CCC(N)=O)cc2F)C(C)(C)C)cc1. The molecule has 1 aliphatic heterocycles. The first-order chi connectivity index (χ1) is 25.9.